The fourth-order valence-electron chi connectivity index (χ4n) is 4.58. The predicted octanol–water partition coefficient (Wildman–Crippen LogP) is -1.74. The van der Waals surface area contributed by atoms with Crippen LogP contribution in [0.5, 0.6) is 0 Å². The fourth-order valence-corrected chi connectivity index (χ4v) is 4.58. The minimum Gasteiger partial charge on any atom is -0.550 e. The molecule has 0 aromatic rings. The number of carboxylic acids is 1. The molecule has 1 unspecified atom stereocenters. The Morgan fingerprint density at radius 2 is 1.69 bits per heavy atom. The van der Waals surface area contributed by atoms with Crippen LogP contribution in [0.1, 0.15) is 78.6 Å². The van der Waals surface area contributed by atoms with Crippen LogP contribution in [0.4, 0.5) is 0 Å². The summed E-state index contributed by atoms with van der Waals surface area (Å²) in [5.74, 6) is -1.68. The van der Waals surface area contributed by atoms with E-state index < -0.39 is 36.4 Å². The van der Waals surface area contributed by atoms with Gasteiger partial charge in [0.25, 0.3) is 0 Å². The summed E-state index contributed by atoms with van der Waals surface area (Å²) in [6.45, 7) is 6.05. The third kappa shape index (κ3) is 11.9. The van der Waals surface area contributed by atoms with Crippen LogP contribution in [0.3, 0.4) is 0 Å². The van der Waals surface area contributed by atoms with Gasteiger partial charge in [-0.05, 0) is 46.0 Å². The SMILES string of the molecule is C/C(=C\C(=O)OCCCCCCCCC(=O)[O-])C[C@@H]1OCC(C[C@@H]2O[C@H]2[C@@H](C)[C@H](C)O)[C@@H](O)[C@H]1O.[Na+]. The topological polar surface area (TPSA) is 149 Å². The maximum atomic E-state index is 12.0. The largest absolute Gasteiger partial charge is 1.00 e. The van der Waals surface area contributed by atoms with Crippen molar-refractivity contribution < 1.29 is 73.8 Å². The zero-order valence-electron chi connectivity index (χ0n) is 22.3. The molecular formula is C26H43NaO9. The van der Waals surface area contributed by atoms with Crippen molar-refractivity contribution in [3.63, 3.8) is 0 Å². The third-order valence-corrected chi connectivity index (χ3v) is 7.08. The van der Waals surface area contributed by atoms with Crippen LogP contribution >= 0.6 is 0 Å². The van der Waals surface area contributed by atoms with E-state index in [4.69, 9.17) is 14.2 Å². The zero-order valence-corrected chi connectivity index (χ0v) is 24.3. The van der Waals surface area contributed by atoms with Crippen molar-refractivity contribution in [1.29, 1.82) is 0 Å². The Morgan fingerprint density at radius 1 is 1.06 bits per heavy atom. The molecule has 2 aliphatic heterocycles. The first-order valence-electron chi connectivity index (χ1n) is 12.9. The molecule has 0 radical (unpaired) electrons. The van der Waals surface area contributed by atoms with Gasteiger partial charge in [-0.2, -0.15) is 0 Å². The van der Waals surface area contributed by atoms with E-state index in [1.165, 1.54) is 6.08 Å². The molecule has 2 aliphatic rings. The van der Waals surface area contributed by atoms with Gasteiger partial charge in [-0.25, -0.2) is 4.79 Å². The van der Waals surface area contributed by atoms with E-state index in [1.807, 2.05) is 6.92 Å². The number of hydrogen-bond acceptors (Lipinski definition) is 9. The number of unbranched alkanes of at least 4 members (excludes halogenated alkanes) is 5. The third-order valence-electron chi connectivity index (χ3n) is 7.08. The maximum absolute atomic E-state index is 12.0. The molecule has 0 aromatic heterocycles. The summed E-state index contributed by atoms with van der Waals surface area (Å²) in [5.41, 5.74) is 0.703. The van der Waals surface area contributed by atoms with Crippen molar-refractivity contribution in [2.24, 2.45) is 11.8 Å². The summed E-state index contributed by atoms with van der Waals surface area (Å²) in [7, 11) is 0. The van der Waals surface area contributed by atoms with Gasteiger partial charge in [0, 0.05) is 23.9 Å². The monoisotopic (exact) mass is 522 g/mol. The number of esters is 1. The first kappa shape index (κ1) is 33.5. The summed E-state index contributed by atoms with van der Waals surface area (Å²) in [6.07, 6.45) is 4.29. The molecule has 2 heterocycles. The Balaban J connectivity index is 0.00000648. The number of aliphatic carboxylic acids is 1. The van der Waals surface area contributed by atoms with Crippen molar-refractivity contribution in [3.8, 4) is 0 Å². The molecule has 0 aliphatic carbocycles. The second-order valence-electron chi connectivity index (χ2n) is 10.2. The summed E-state index contributed by atoms with van der Waals surface area (Å²) in [5, 5.41) is 41.2. The number of rotatable bonds is 16. The second kappa shape index (κ2) is 17.1. The van der Waals surface area contributed by atoms with Gasteiger partial charge in [-0.3, -0.25) is 0 Å². The van der Waals surface area contributed by atoms with Gasteiger partial charge in [0.05, 0.1) is 43.7 Å². The van der Waals surface area contributed by atoms with Crippen LogP contribution in [-0.4, -0.2) is 77.1 Å². The van der Waals surface area contributed by atoms with Gasteiger partial charge in [-0.1, -0.05) is 38.2 Å². The average Bonchev–Trinajstić information content (AvgIpc) is 3.55. The first-order valence-corrected chi connectivity index (χ1v) is 12.9. The van der Waals surface area contributed by atoms with Crippen LogP contribution in [0.15, 0.2) is 11.6 Å². The number of hydrogen-bond donors (Lipinski definition) is 3. The van der Waals surface area contributed by atoms with Crippen molar-refractivity contribution in [2.75, 3.05) is 13.2 Å². The molecule has 2 saturated heterocycles. The number of ether oxygens (including phenoxy) is 3. The Kier molecular flexibility index (Phi) is 16.0. The fraction of sp³-hybridized carbons (Fsp3) is 0.846. The zero-order chi connectivity index (χ0) is 26.0. The Morgan fingerprint density at radius 3 is 2.33 bits per heavy atom. The molecule has 0 aromatic carbocycles. The molecular weight excluding hydrogens is 479 g/mol. The number of aliphatic hydroxyl groups is 3. The maximum Gasteiger partial charge on any atom is 1.00 e. The number of epoxide rings is 1. The number of aliphatic hydroxyl groups excluding tert-OH is 3. The summed E-state index contributed by atoms with van der Waals surface area (Å²) < 4.78 is 16.7. The van der Waals surface area contributed by atoms with Gasteiger partial charge in [0.2, 0.25) is 0 Å². The molecule has 0 spiro atoms. The van der Waals surface area contributed by atoms with E-state index in [1.54, 1.807) is 13.8 Å². The van der Waals surface area contributed by atoms with Gasteiger partial charge in [-0.15, -0.1) is 0 Å². The van der Waals surface area contributed by atoms with E-state index >= 15 is 0 Å². The Hall–Kier alpha value is -0.520. The molecule has 8 atom stereocenters. The minimum atomic E-state index is -1.06. The molecule has 9 nitrogen and oxygen atoms in total. The summed E-state index contributed by atoms with van der Waals surface area (Å²) in [6, 6.07) is 0. The second-order valence-corrected chi connectivity index (χ2v) is 10.2. The Bertz CT molecular complexity index is 699. The molecule has 10 heteroatoms. The average molecular weight is 523 g/mol. The molecule has 36 heavy (non-hydrogen) atoms. The molecule has 0 amide bonds. The van der Waals surface area contributed by atoms with Crippen LogP contribution < -0.4 is 34.7 Å². The number of carbonyl (C=O) groups excluding carboxylic acids is 2. The van der Waals surface area contributed by atoms with E-state index in [0.717, 1.165) is 32.1 Å². The smallest absolute Gasteiger partial charge is 0.550 e. The van der Waals surface area contributed by atoms with Crippen LogP contribution in [0.2, 0.25) is 0 Å². The van der Waals surface area contributed by atoms with E-state index in [2.05, 4.69) is 0 Å². The summed E-state index contributed by atoms with van der Waals surface area (Å²) >= 11 is 0. The molecule has 3 N–H and O–H groups in total. The van der Waals surface area contributed by atoms with Gasteiger partial charge in [0.1, 0.15) is 6.10 Å². The van der Waals surface area contributed by atoms with E-state index in [-0.39, 0.29) is 60.0 Å². The Labute approximate surface area is 236 Å². The van der Waals surface area contributed by atoms with Crippen molar-refractivity contribution in [1.82, 2.24) is 0 Å². The van der Waals surface area contributed by atoms with Crippen molar-refractivity contribution in [2.45, 2.75) is 115 Å². The van der Waals surface area contributed by atoms with Crippen molar-refractivity contribution >= 4 is 11.9 Å². The molecule has 2 rings (SSSR count). The van der Waals surface area contributed by atoms with Gasteiger partial charge in [0.15, 0.2) is 0 Å². The number of carboxylic acid groups (broad SMARTS) is 1. The number of carbonyl (C=O) groups is 2. The van der Waals surface area contributed by atoms with Crippen molar-refractivity contribution in [3.05, 3.63) is 11.6 Å². The minimum absolute atomic E-state index is 0. The normalized spacial score (nSPS) is 29.7. The first-order chi connectivity index (χ1) is 16.6. The standard InChI is InChI=1S/C26H44O9.Na/c1-16(13-23(30)33-11-9-7-5-4-6-8-10-22(28)29)12-20-25(32)24(31)19(15-34-20)14-21-26(35-21)17(2)18(3)27;/h13,17-21,24-27,31-32H,4-12,14-15H2,1-3H3,(H,28,29);/q;+1/p-1/b16-13+;/t17-,18-,19?,20-,21-,24+,25-,26-;/m0./s1. The van der Waals surface area contributed by atoms with Crippen LogP contribution in [0.25, 0.3) is 0 Å². The molecule has 0 saturated carbocycles. The van der Waals surface area contributed by atoms with Crippen LogP contribution in [0, 0.1) is 11.8 Å². The van der Waals surface area contributed by atoms with E-state index in [0.29, 0.717) is 38.0 Å². The van der Waals surface area contributed by atoms with Crippen LogP contribution in [-0.2, 0) is 23.8 Å². The van der Waals surface area contributed by atoms with Gasteiger partial charge < -0.3 is 39.4 Å². The molecule has 0 bridgehead atoms. The summed E-state index contributed by atoms with van der Waals surface area (Å²) in [4.78, 5) is 22.4. The quantitative estimate of drug-likeness (QED) is 0.0706. The van der Waals surface area contributed by atoms with Gasteiger partial charge >= 0.3 is 35.5 Å². The van der Waals surface area contributed by atoms with E-state index in [9.17, 15) is 30.0 Å². The predicted molar refractivity (Wildman–Crippen MR) is 126 cm³/mol. The molecule has 2 fully saturated rings. The molecule has 202 valence electrons.